The number of aromatic nitrogens is 1. The Kier molecular flexibility index (Phi) is 5.04. The SMILES string of the molecule is CCCCCNc1cccc(C(N)=S)n1. The number of anilines is 1. The maximum absolute atomic E-state index is 5.50. The molecule has 0 spiro atoms. The lowest BCUT2D eigenvalue weighted by atomic mass is 10.2. The average Bonchev–Trinajstić information content (AvgIpc) is 2.25. The van der Waals surface area contributed by atoms with Crippen LogP contribution < -0.4 is 11.1 Å². The molecule has 0 atom stereocenters. The zero-order valence-electron chi connectivity index (χ0n) is 8.99. The summed E-state index contributed by atoms with van der Waals surface area (Å²) < 4.78 is 0. The lowest BCUT2D eigenvalue weighted by Gasteiger charge is -2.06. The van der Waals surface area contributed by atoms with E-state index < -0.39 is 0 Å². The molecule has 1 rings (SSSR count). The Labute approximate surface area is 96.1 Å². The second kappa shape index (κ2) is 6.35. The molecule has 1 heterocycles. The van der Waals surface area contributed by atoms with Gasteiger partial charge in [0.05, 0.1) is 5.69 Å². The van der Waals surface area contributed by atoms with E-state index in [-0.39, 0.29) is 0 Å². The van der Waals surface area contributed by atoms with E-state index in [0.717, 1.165) is 18.8 Å². The second-order valence-electron chi connectivity index (χ2n) is 3.41. The molecule has 0 radical (unpaired) electrons. The summed E-state index contributed by atoms with van der Waals surface area (Å²) in [6.07, 6.45) is 3.62. The van der Waals surface area contributed by atoms with Crippen molar-refractivity contribution in [2.45, 2.75) is 26.2 Å². The van der Waals surface area contributed by atoms with Crippen molar-refractivity contribution in [3.63, 3.8) is 0 Å². The smallest absolute Gasteiger partial charge is 0.126 e. The first-order valence-corrected chi connectivity index (χ1v) is 5.65. The zero-order valence-corrected chi connectivity index (χ0v) is 9.81. The van der Waals surface area contributed by atoms with Gasteiger partial charge in [-0.2, -0.15) is 0 Å². The molecule has 3 nitrogen and oxygen atoms in total. The highest BCUT2D eigenvalue weighted by Gasteiger charge is 1.98. The number of nitrogens with two attached hydrogens (primary N) is 1. The fraction of sp³-hybridized carbons (Fsp3) is 0.455. The maximum Gasteiger partial charge on any atom is 0.126 e. The summed E-state index contributed by atoms with van der Waals surface area (Å²) in [6.45, 7) is 3.13. The lowest BCUT2D eigenvalue weighted by molar-refractivity contribution is 0.742. The topological polar surface area (TPSA) is 50.9 Å². The van der Waals surface area contributed by atoms with Crippen molar-refractivity contribution in [2.24, 2.45) is 5.73 Å². The summed E-state index contributed by atoms with van der Waals surface area (Å²) in [5, 5.41) is 3.25. The predicted octanol–water partition coefficient (Wildman–Crippen LogP) is 2.32. The van der Waals surface area contributed by atoms with Crippen molar-refractivity contribution in [1.82, 2.24) is 4.98 Å². The van der Waals surface area contributed by atoms with Crippen molar-refractivity contribution in [3.05, 3.63) is 23.9 Å². The molecule has 0 aromatic carbocycles. The number of nitrogens with zero attached hydrogens (tertiary/aromatic N) is 1. The molecule has 0 fully saturated rings. The molecular formula is C11H17N3S. The number of unbranched alkanes of at least 4 members (excludes halogenated alkanes) is 2. The fourth-order valence-electron chi connectivity index (χ4n) is 1.26. The van der Waals surface area contributed by atoms with Crippen LogP contribution in [-0.2, 0) is 0 Å². The van der Waals surface area contributed by atoms with Gasteiger partial charge in [0.1, 0.15) is 10.8 Å². The third-order valence-corrected chi connectivity index (χ3v) is 2.30. The van der Waals surface area contributed by atoms with Crippen LogP contribution in [0.1, 0.15) is 31.9 Å². The third-order valence-electron chi connectivity index (χ3n) is 2.09. The van der Waals surface area contributed by atoms with Gasteiger partial charge >= 0.3 is 0 Å². The van der Waals surface area contributed by atoms with E-state index in [9.17, 15) is 0 Å². The van der Waals surface area contributed by atoms with E-state index in [1.807, 2.05) is 18.2 Å². The second-order valence-corrected chi connectivity index (χ2v) is 3.85. The van der Waals surface area contributed by atoms with Crippen LogP contribution in [0.3, 0.4) is 0 Å². The summed E-state index contributed by atoms with van der Waals surface area (Å²) in [5.41, 5.74) is 6.17. The van der Waals surface area contributed by atoms with E-state index in [4.69, 9.17) is 18.0 Å². The maximum atomic E-state index is 5.50. The van der Waals surface area contributed by atoms with Crippen LogP contribution in [-0.4, -0.2) is 16.5 Å². The molecule has 0 aliphatic heterocycles. The van der Waals surface area contributed by atoms with E-state index in [1.54, 1.807) is 0 Å². The van der Waals surface area contributed by atoms with Gasteiger partial charge in [-0.1, -0.05) is 38.0 Å². The zero-order chi connectivity index (χ0) is 11.1. The minimum Gasteiger partial charge on any atom is -0.388 e. The molecular weight excluding hydrogens is 206 g/mol. The molecule has 4 heteroatoms. The Balaban J connectivity index is 2.47. The highest BCUT2D eigenvalue weighted by molar-refractivity contribution is 7.80. The van der Waals surface area contributed by atoms with Crippen molar-refractivity contribution in [2.75, 3.05) is 11.9 Å². The molecule has 0 aliphatic carbocycles. The molecule has 0 saturated heterocycles. The van der Waals surface area contributed by atoms with Gasteiger partial charge in [0.2, 0.25) is 0 Å². The Morgan fingerprint density at radius 1 is 1.47 bits per heavy atom. The van der Waals surface area contributed by atoms with Gasteiger partial charge in [-0.15, -0.1) is 0 Å². The van der Waals surface area contributed by atoms with Crippen LogP contribution in [0, 0.1) is 0 Å². The Morgan fingerprint density at radius 3 is 2.93 bits per heavy atom. The number of nitrogens with one attached hydrogen (secondary N) is 1. The van der Waals surface area contributed by atoms with E-state index in [0.29, 0.717) is 10.7 Å². The van der Waals surface area contributed by atoms with Crippen LogP contribution in [0.4, 0.5) is 5.82 Å². The van der Waals surface area contributed by atoms with Crippen LogP contribution >= 0.6 is 12.2 Å². The standard InChI is InChI=1S/C11H17N3S/c1-2-3-4-8-13-10-7-5-6-9(14-10)11(12)15/h5-7H,2-4,8H2,1H3,(H2,12,15)(H,13,14). The summed E-state index contributed by atoms with van der Waals surface area (Å²) in [5.74, 6) is 0.844. The minimum absolute atomic E-state index is 0.340. The number of hydrogen-bond acceptors (Lipinski definition) is 3. The van der Waals surface area contributed by atoms with Gasteiger partial charge in [-0.3, -0.25) is 0 Å². The molecule has 0 amide bonds. The number of thiocarbonyl (C=S) groups is 1. The predicted molar refractivity (Wildman–Crippen MR) is 68.1 cm³/mol. The molecule has 0 aliphatic rings. The monoisotopic (exact) mass is 223 g/mol. The summed E-state index contributed by atoms with van der Waals surface area (Å²) in [4.78, 5) is 4.63. The summed E-state index contributed by atoms with van der Waals surface area (Å²) in [6, 6.07) is 5.65. The van der Waals surface area contributed by atoms with Crippen molar-refractivity contribution >= 4 is 23.0 Å². The van der Waals surface area contributed by atoms with Crippen LogP contribution in [0.15, 0.2) is 18.2 Å². The van der Waals surface area contributed by atoms with E-state index >= 15 is 0 Å². The molecule has 0 unspecified atom stereocenters. The fourth-order valence-corrected chi connectivity index (χ4v) is 1.38. The Bertz CT molecular complexity index is 325. The van der Waals surface area contributed by atoms with Gasteiger partial charge in [0, 0.05) is 6.54 Å². The summed E-state index contributed by atoms with van der Waals surface area (Å²) in [7, 11) is 0. The molecule has 3 N–H and O–H groups in total. The van der Waals surface area contributed by atoms with Gasteiger partial charge in [0.15, 0.2) is 0 Å². The molecule has 0 bridgehead atoms. The first kappa shape index (κ1) is 11.9. The van der Waals surface area contributed by atoms with Crippen LogP contribution in [0.5, 0.6) is 0 Å². The Morgan fingerprint density at radius 2 is 2.27 bits per heavy atom. The highest BCUT2D eigenvalue weighted by atomic mass is 32.1. The normalized spacial score (nSPS) is 9.93. The van der Waals surface area contributed by atoms with Gasteiger partial charge in [-0.25, -0.2) is 4.98 Å². The van der Waals surface area contributed by atoms with Crippen LogP contribution in [0.25, 0.3) is 0 Å². The van der Waals surface area contributed by atoms with Gasteiger partial charge in [-0.05, 0) is 18.6 Å². The highest BCUT2D eigenvalue weighted by Crippen LogP contribution is 2.05. The molecule has 1 aromatic rings. The molecule has 0 saturated carbocycles. The number of hydrogen-bond donors (Lipinski definition) is 2. The molecule has 15 heavy (non-hydrogen) atoms. The number of rotatable bonds is 6. The molecule has 1 aromatic heterocycles. The van der Waals surface area contributed by atoms with Gasteiger partial charge in [0.25, 0.3) is 0 Å². The number of pyridine rings is 1. The molecule has 82 valence electrons. The third kappa shape index (κ3) is 4.25. The van der Waals surface area contributed by atoms with Crippen LogP contribution in [0.2, 0.25) is 0 Å². The van der Waals surface area contributed by atoms with Gasteiger partial charge < -0.3 is 11.1 Å². The largest absolute Gasteiger partial charge is 0.388 e. The van der Waals surface area contributed by atoms with E-state index in [1.165, 1.54) is 12.8 Å². The summed E-state index contributed by atoms with van der Waals surface area (Å²) >= 11 is 4.86. The first-order valence-electron chi connectivity index (χ1n) is 5.24. The minimum atomic E-state index is 0.340. The lowest BCUT2D eigenvalue weighted by Crippen LogP contribution is -2.13. The first-order chi connectivity index (χ1) is 7.24. The van der Waals surface area contributed by atoms with Crippen molar-refractivity contribution < 1.29 is 0 Å². The van der Waals surface area contributed by atoms with Crippen molar-refractivity contribution in [3.8, 4) is 0 Å². The Hall–Kier alpha value is -1.16. The quantitative estimate of drug-likeness (QED) is 0.574. The average molecular weight is 223 g/mol. The van der Waals surface area contributed by atoms with E-state index in [2.05, 4.69) is 17.2 Å². The van der Waals surface area contributed by atoms with Crippen molar-refractivity contribution in [1.29, 1.82) is 0 Å².